The van der Waals surface area contributed by atoms with Gasteiger partial charge in [-0.2, -0.15) is 0 Å². The minimum Gasteiger partial charge on any atom is -0.493 e. The van der Waals surface area contributed by atoms with Crippen molar-refractivity contribution in [1.82, 2.24) is 5.32 Å². The van der Waals surface area contributed by atoms with Crippen molar-refractivity contribution in [1.29, 1.82) is 0 Å². The maximum atomic E-state index is 5.28. The van der Waals surface area contributed by atoms with Crippen LogP contribution in [0.4, 0.5) is 0 Å². The summed E-state index contributed by atoms with van der Waals surface area (Å²) >= 11 is 0. The highest BCUT2D eigenvalue weighted by molar-refractivity contribution is 5.89. The molecule has 0 unspecified atom stereocenters. The van der Waals surface area contributed by atoms with E-state index in [4.69, 9.17) is 9.47 Å². The van der Waals surface area contributed by atoms with E-state index in [-0.39, 0.29) is 0 Å². The Morgan fingerprint density at radius 3 is 2.74 bits per heavy atom. The fourth-order valence-corrected chi connectivity index (χ4v) is 1.88. The number of benzene rings is 1. The molecule has 1 aromatic rings. The van der Waals surface area contributed by atoms with Crippen molar-refractivity contribution in [2.24, 2.45) is 9.98 Å². The zero-order valence-corrected chi connectivity index (χ0v) is 11.3. The molecule has 0 atom stereocenters. The molecule has 0 aromatic heterocycles. The van der Waals surface area contributed by atoms with Gasteiger partial charge in [-0.3, -0.25) is 4.99 Å². The number of aliphatic imine (C=N–C) groups is 2. The lowest BCUT2D eigenvalue weighted by atomic mass is 10.1. The quantitative estimate of drug-likeness (QED) is 0.877. The Labute approximate surface area is 113 Å². The van der Waals surface area contributed by atoms with E-state index in [1.165, 1.54) is 5.56 Å². The lowest BCUT2D eigenvalue weighted by Crippen LogP contribution is -2.26. The number of nitrogens with one attached hydrogen (secondary N) is 1. The maximum Gasteiger partial charge on any atom is 0.217 e. The molecule has 1 heterocycles. The summed E-state index contributed by atoms with van der Waals surface area (Å²) < 4.78 is 10.5. The summed E-state index contributed by atoms with van der Waals surface area (Å²) in [6.45, 7) is 1.62. The number of guanidine groups is 1. The number of rotatable bonds is 5. The highest BCUT2D eigenvalue weighted by Crippen LogP contribution is 2.27. The molecule has 0 saturated carbocycles. The Kier molecular flexibility index (Phi) is 4.78. The summed E-state index contributed by atoms with van der Waals surface area (Å²) in [4.78, 5) is 8.48. The third-order valence-corrected chi connectivity index (χ3v) is 2.88. The minimum absolute atomic E-state index is 0.728. The van der Waals surface area contributed by atoms with E-state index in [1.807, 2.05) is 24.4 Å². The van der Waals surface area contributed by atoms with Crippen LogP contribution in [-0.4, -0.2) is 39.5 Å². The average molecular weight is 261 g/mol. The molecule has 0 fully saturated rings. The summed E-state index contributed by atoms with van der Waals surface area (Å²) in [5.74, 6) is 2.24. The van der Waals surface area contributed by atoms with Gasteiger partial charge in [0, 0.05) is 25.7 Å². The van der Waals surface area contributed by atoms with E-state index in [0.717, 1.165) is 43.4 Å². The number of ether oxygens (including phenoxy) is 2. The molecule has 5 nitrogen and oxygen atoms in total. The van der Waals surface area contributed by atoms with Crippen LogP contribution in [0.25, 0.3) is 0 Å². The summed E-state index contributed by atoms with van der Waals surface area (Å²) in [7, 11) is 3.28. The van der Waals surface area contributed by atoms with Crippen LogP contribution in [0.2, 0.25) is 0 Å². The van der Waals surface area contributed by atoms with Crippen LogP contribution in [-0.2, 0) is 6.42 Å². The first kappa shape index (κ1) is 13.4. The summed E-state index contributed by atoms with van der Waals surface area (Å²) in [6, 6.07) is 5.95. The fraction of sp³-hybridized carbons (Fsp3) is 0.429. The molecule has 5 heteroatoms. The highest BCUT2D eigenvalue weighted by atomic mass is 16.5. The molecule has 19 heavy (non-hydrogen) atoms. The molecule has 1 N–H and O–H groups in total. The topological polar surface area (TPSA) is 55.2 Å². The number of nitrogens with zero attached hydrogens (tertiary/aromatic N) is 2. The molecule has 0 aliphatic carbocycles. The first-order valence-corrected chi connectivity index (χ1v) is 6.35. The van der Waals surface area contributed by atoms with Crippen molar-refractivity contribution >= 4 is 12.2 Å². The first-order chi connectivity index (χ1) is 9.33. The van der Waals surface area contributed by atoms with Crippen LogP contribution < -0.4 is 14.8 Å². The van der Waals surface area contributed by atoms with Gasteiger partial charge < -0.3 is 14.8 Å². The van der Waals surface area contributed by atoms with Gasteiger partial charge in [-0.1, -0.05) is 6.07 Å². The Hall–Kier alpha value is -2.04. The number of methoxy groups -OCH3 is 2. The largest absolute Gasteiger partial charge is 0.493 e. The van der Waals surface area contributed by atoms with Crippen molar-refractivity contribution in [3.05, 3.63) is 23.8 Å². The van der Waals surface area contributed by atoms with Crippen molar-refractivity contribution in [2.75, 3.05) is 27.3 Å². The molecule has 0 amide bonds. The Balaban J connectivity index is 1.89. The molecule has 2 rings (SSSR count). The van der Waals surface area contributed by atoms with Crippen molar-refractivity contribution in [2.45, 2.75) is 12.8 Å². The van der Waals surface area contributed by atoms with E-state index >= 15 is 0 Å². The second-order valence-electron chi connectivity index (χ2n) is 4.17. The molecule has 0 saturated heterocycles. The molecule has 0 spiro atoms. The van der Waals surface area contributed by atoms with Crippen LogP contribution in [0.3, 0.4) is 0 Å². The van der Waals surface area contributed by atoms with E-state index < -0.39 is 0 Å². The van der Waals surface area contributed by atoms with Gasteiger partial charge in [-0.05, 0) is 24.1 Å². The summed E-state index contributed by atoms with van der Waals surface area (Å²) in [6.07, 6.45) is 3.71. The highest BCUT2D eigenvalue weighted by Gasteiger charge is 2.05. The second-order valence-corrected chi connectivity index (χ2v) is 4.17. The molecule has 102 valence electrons. The second kappa shape index (κ2) is 6.78. The van der Waals surface area contributed by atoms with Gasteiger partial charge in [0.15, 0.2) is 11.5 Å². The Morgan fingerprint density at radius 2 is 2.05 bits per heavy atom. The first-order valence-electron chi connectivity index (χ1n) is 6.35. The maximum absolute atomic E-state index is 5.28. The predicted molar refractivity (Wildman–Crippen MR) is 76.7 cm³/mol. The molecule has 1 aromatic carbocycles. The third-order valence-electron chi connectivity index (χ3n) is 2.88. The SMILES string of the molecule is COc1ccc(CCNC2=NCCC=N2)cc1OC. The van der Waals surface area contributed by atoms with Crippen LogP contribution in [0, 0.1) is 0 Å². The van der Waals surface area contributed by atoms with E-state index in [0.29, 0.717) is 0 Å². The van der Waals surface area contributed by atoms with Gasteiger partial charge in [0.25, 0.3) is 0 Å². The molecule has 1 aliphatic heterocycles. The summed E-state index contributed by atoms with van der Waals surface area (Å²) in [5, 5.41) is 3.22. The molecule has 0 bridgehead atoms. The van der Waals surface area contributed by atoms with Gasteiger partial charge in [0.05, 0.1) is 14.2 Å². The van der Waals surface area contributed by atoms with Crippen LogP contribution in [0.5, 0.6) is 11.5 Å². The van der Waals surface area contributed by atoms with Crippen molar-refractivity contribution in [3.63, 3.8) is 0 Å². The van der Waals surface area contributed by atoms with Gasteiger partial charge in [0.2, 0.25) is 5.96 Å². The number of hydrogen-bond acceptors (Lipinski definition) is 5. The lowest BCUT2D eigenvalue weighted by Gasteiger charge is -2.11. The molecular formula is C14H19N3O2. The predicted octanol–water partition coefficient (Wildman–Crippen LogP) is 1.67. The normalized spacial score (nSPS) is 13.9. The van der Waals surface area contributed by atoms with E-state index in [2.05, 4.69) is 15.3 Å². The van der Waals surface area contributed by atoms with Gasteiger partial charge in [-0.15, -0.1) is 0 Å². The van der Waals surface area contributed by atoms with Gasteiger partial charge in [0.1, 0.15) is 0 Å². The third kappa shape index (κ3) is 3.71. The molecule has 1 aliphatic rings. The van der Waals surface area contributed by atoms with Gasteiger partial charge >= 0.3 is 0 Å². The summed E-state index contributed by atoms with van der Waals surface area (Å²) in [5.41, 5.74) is 1.19. The Bertz CT molecular complexity index is 484. The molecule has 0 radical (unpaired) electrons. The fourth-order valence-electron chi connectivity index (χ4n) is 1.88. The van der Waals surface area contributed by atoms with Gasteiger partial charge in [-0.25, -0.2) is 4.99 Å². The zero-order valence-electron chi connectivity index (χ0n) is 11.3. The Morgan fingerprint density at radius 1 is 1.21 bits per heavy atom. The van der Waals surface area contributed by atoms with Crippen LogP contribution in [0.15, 0.2) is 28.2 Å². The van der Waals surface area contributed by atoms with Crippen molar-refractivity contribution in [3.8, 4) is 11.5 Å². The van der Waals surface area contributed by atoms with Crippen LogP contribution in [0.1, 0.15) is 12.0 Å². The average Bonchev–Trinajstić information content (AvgIpc) is 2.48. The van der Waals surface area contributed by atoms with Crippen LogP contribution >= 0.6 is 0 Å². The van der Waals surface area contributed by atoms with E-state index in [9.17, 15) is 0 Å². The minimum atomic E-state index is 0.728. The number of hydrogen-bond donors (Lipinski definition) is 1. The zero-order chi connectivity index (χ0) is 13.5. The van der Waals surface area contributed by atoms with E-state index in [1.54, 1.807) is 14.2 Å². The standard InChI is InChI=1S/C14H19N3O2/c1-18-12-5-4-11(10-13(12)19-2)6-9-17-14-15-7-3-8-16-14/h4-5,7,10H,3,6,8-9H2,1-2H3,(H,16,17). The monoisotopic (exact) mass is 261 g/mol. The lowest BCUT2D eigenvalue weighted by molar-refractivity contribution is 0.354. The smallest absolute Gasteiger partial charge is 0.217 e. The van der Waals surface area contributed by atoms with Crippen molar-refractivity contribution < 1.29 is 9.47 Å². The molecular weight excluding hydrogens is 242 g/mol.